The van der Waals surface area contributed by atoms with Gasteiger partial charge in [0.1, 0.15) is 0 Å². The maximum atomic E-state index is 11.7. The molecule has 3 aromatic rings. The van der Waals surface area contributed by atoms with Crippen LogP contribution < -0.4 is 16.0 Å². The number of nitrogens with one attached hydrogen (secondary N) is 4. The highest BCUT2D eigenvalue weighted by molar-refractivity contribution is 5.90. The topological polar surface area (TPSA) is 81.3 Å². The largest absolute Gasteiger partial charge is 0.361 e. The number of carbonyl (C=O) groups is 1. The van der Waals surface area contributed by atoms with E-state index in [1.165, 1.54) is 16.5 Å². The Morgan fingerprint density at radius 2 is 1.86 bits per heavy atom. The first kappa shape index (κ1) is 20.5. The highest BCUT2D eigenvalue weighted by Crippen LogP contribution is 2.17. The molecule has 1 aromatic heterocycles. The fraction of sp³-hybridized carbons (Fsp3) is 0.304. The molecule has 0 unspecified atom stereocenters. The number of aromatic amines is 1. The van der Waals surface area contributed by atoms with Crippen LogP contribution in [-0.2, 0) is 17.8 Å². The standard InChI is InChI=1S/C23H29N5O/c1-3-6-22(29)28-19-11-9-17(10-12-19)15-27-23(24-2)25-14-13-18-16-26-21-8-5-4-7-20(18)21/h4-5,7-12,16,26H,3,6,13-15H2,1-2H3,(H,28,29)(H2,24,25,27). The summed E-state index contributed by atoms with van der Waals surface area (Å²) in [4.78, 5) is 19.3. The number of fused-ring (bicyclic) bond motifs is 1. The van der Waals surface area contributed by atoms with Crippen molar-refractivity contribution in [2.24, 2.45) is 4.99 Å². The van der Waals surface area contributed by atoms with Crippen LogP contribution in [0.15, 0.2) is 59.7 Å². The third kappa shape index (κ3) is 5.85. The Bertz CT molecular complexity index is 959. The highest BCUT2D eigenvalue weighted by Gasteiger charge is 2.04. The lowest BCUT2D eigenvalue weighted by atomic mass is 10.1. The molecule has 3 rings (SSSR count). The summed E-state index contributed by atoms with van der Waals surface area (Å²) in [5.41, 5.74) is 4.41. The van der Waals surface area contributed by atoms with E-state index in [0.29, 0.717) is 13.0 Å². The maximum Gasteiger partial charge on any atom is 0.224 e. The molecule has 6 nitrogen and oxygen atoms in total. The van der Waals surface area contributed by atoms with Crippen LogP contribution in [0.4, 0.5) is 5.69 Å². The molecule has 4 N–H and O–H groups in total. The molecule has 2 aromatic carbocycles. The van der Waals surface area contributed by atoms with Crippen molar-refractivity contribution in [1.82, 2.24) is 15.6 Å². The normalized spacial score (nSPS) is 11.4. The average Bonchev–Trinajstić information content (AvgIpc) is 3.15. The number of anilines is 1. The van der Waals surface area contributed by atoms with Crippen molar-refractivity contribution in [2.45, 2.75) is 32.7 Å². The fourth-order valence-corrected chi connectivity index (χ4v) is 3.22. The molecule has 29 heavy (non-hydrogen) atoms. The quantitative estimate of drug-likeness (QED) is 0.348. The van der Waals surface area contributed by atoms with E-state index in [0.717, 1.165) is 36.6 Å². The first-order valence-corrected chi connectivity index (χ1v) is 10.1. The predicted molar refractivity (Wildman–Crippen MR) is 120 cm³/mol. The molecule has 0 aliphatic rings. The maximum absolute atomic E-state index is 11.7. The zero-order valence-corrected chi connectivity index (χ0v) is 17.1. The van der Waals surface area contributed by atoms with E-state index < -0.39 is 0 Å². The molecule has 0 spiro atoms. The smallest absolute Gasteiger partial charge is 0.224 e. The number of amides is 1. The summed E-state index contributed by atoms with van der Waals surface area (Å²) in [6.45, 7) is 3.45. The third-order valence-electron chi connectivity index (χ3n) is 4.76. The lowest BCUT2D eigenvalue weighted by Crippen LogP contribution is -2.37. The average molecular weight is 392 g/mol. The zero-order valence-electron chi connectivity index (χ0n) is 17.1. The van der Waals surface area contributed by atoms with Crippen molar-refractivity contribution in [3.05, 3.63) is 65.9 Å². The van der Waals surface area contributed by atoms with Crippen molar-refractivity contribution in [3.8, 4) is 0 Å². The Kier molecular flexibility index (Phi) is 7.28. The van der Waals surface area contributed by atoms with Gasteiger partial charge in [-0.25, -0.2) is 0 Å². The van der Waals surface area contributed by atoms with Crippen molar-refractivity contribution in [1.29, 1.82) is 0 Å². The van der Waals surface area contributed by atoms with Crippen molar-refractivity contribution in [2.75, 3.05) is 18.9 Å². The number of aliphatic imine (C=N–C) groups is 1. The van der Waals surface area contributed by atoms with Gasteiger partial charge in [-0.05, 0) is 42.2 Å². The van der Waals surface area contributed by atoms with E-state index in [4.69, 9.17) is 0 Å². The second-order valence-corrected chi connectivity index (χ2v) is 6.96. The molecular formula is C23H29N5O. The summed E-state index contributed by atoms with van der Waals surface area (Å²) in [6, 6.07) is 16.2. The third-order valence-corrected chi connectivity index (χ3v) is 4.76. The molecule has 0 aliphatic heterocycles. The number of benzene rings is 2. The van der Waals surface area contributed by atoms with E-state index in [9.17, 15) is 4.79 Å². The molecule has 1 heterocycles. The molecular weight excluding hydrogens is 362 g/mol. The number of hydrogen-bond acceptors (Lipinski definition) is 2. The Morgan fingerprint density at radius 1 is 1.07 bits per heavy atom. The van der Waals surface area contributed by atoms with Crippen LogP contribution in [0.5, 0.6) is 0 Å². The minimum atomic E-state index is 0.0539. The minimum Gasteiger partial charge on any atom is -0.361 e. The summed E-state index contributed by atoms with van der Waals surface area (Å²) in [5.74, 6) is 0.823. The van der Waals surface area contributed by atoms with Crippen LogP contribution in [0.2, 0.25) is 0 Å². The van der Waals surface area contributed by atoms with Gasteiger partial charge in [-0.15, -0.1) is 0 Å². The summed E-state index contributed by atoms with van der Waals surface area (Å²) < 4.78 is 0. The van der Waals surface area contributed by atoms with Crippen molar-refractivity contribution in [3.63, 3.8) is 0 Å². The summed E-state index contributed by atoms with van der Waals surface area (Å²) >= 11 is 0. The number of H-pyrrole nitrogens is 1. The number of para-hydroxylation sites is 1. The molecule has 0 radical (unpaired) electrons. The van der Waals surface area contributed by atoms with E-state index >= 15 is 0 Å². The van der Waals surface area contributed by atoms with E-state index in [-0.39, 0.29) is 5.91 Å². The second-order valence-electron chi connectivity index (χ2n) is 6.96. The minimum absolute atomic E-state index is 0.0539. The van der Waals surface area contributed by atoms with Gasteiger partial charge < -0.3 is 20.9 Å². The van der Waals surface area contributed by atoms with Gasteiger partial charge in [0.2, 0.25) is 5.91 Å². The SMILES string of the molecule is CCCC(=O)Nc1ccc(CNC(=NC)NCCc2c[nH]c3ccccc23)cc1. The molecule has 0 saturated heterocycles. The van der Waals surface area contributed by atoms with E-state index in [2.05, 4.69) is 50.3 Å². The van der Waals surface area contributed by atoms with Gasteiger partial charge in [-0.2, -0.15) is 0 Å². The summed E-state index contributed by atoms with van der Waals surface area (Å²) in [6.07, 6.45) is 4.38. The predicted octanol–water partition coefficient (Wildman–Crippen LogP) is 3.81. The summed E-state index contributed by atoms with van der Waals surface area (Å²) in [5, 5.41) is 10.9. The van der Waals surface area contributed by atoms with Gasteiger partial charge in [0.15, 0.2) is 5.96 Å². The van der Waals surface area contributed by atoms with Crippen LogP contribution in [-0.4, -0.2) is 30.4 Å². The van der Waals surface area contributed by atoms with Gasteiger partial charge in [0, 0.05) is 49.3 Å². The van der Waals surface area contributed by atoms with Gasteiger partial charge in [0.25, 0.3) is 0 Å². The van der Waals surface area contributed by atoms with E-state index in [1.54, 1.807) is 7.05 Å². The Balaban J connectivity index is 1.45. The number of aromatic nitrogens is 1. The number of rotatable bonds is 8. The van der Waals surface area contributed by atoms with Gasteiger partial charge >= 0.3 is 0 Å². The van der Waals surface area contributed by atoms with Crippen molar-refractivity contribution < 1.29 is 4.79 Å². The molecule has 0 saturated carbocycles. The van der Waals surface area contributed by atoms with Crippen LogP contribution in [0.3, 0.4) is 0 Å². The van der Waals surface area contributed by atoms with Crippen LogP contribution in [0.1, 0.15) is 30.9 Å². The number of hydrogen-bond donors (Lipinski definition) is 4. The van der Waals surface area contributed by atoms with Crippen LogP contribution in [0, 0.1) is 0 Å². The summed E-state index contributed by atoms with van der Waals surface area (Å²) in [7, 11) is 1.77. The molecule has 1 amide bonds. The molecule has 0 aliphatic carbocycles. The van der Waals surface area contributed by atoms with Crippen LogP contribution in [0.25, 0.3) is 10.9 Å². The number of guanidine groups is 1. The Morgan fingerprint density at radius 3 is 2.62 bits per heavy atom. The lowest BCUT2D eigenvalue weighted by Gasteiger charge is -2.12. The zero-order chi connectivity index (χ0) is 20.5. The molecule has 152 valence electrons. The van der Waals surface area contributed by atoms with Crippen molar-refractivity contribution >= 4 is 28.5 Å². The molecule has 0 atom stereocenters. The number of nitrogens with zero attached hydrogens (tertiary/aromatic N) is 1. The first-order valence-electron chi connectivity index (χ1n) is 10.1. The Hall–Kier alpha value is -3.28. The second kappa shape index (κ2) is 10.3. The molecule has 0 bridgehead atoms. The molecule has 6 heteroatoms. The molecule has 0 fully saturated rings. The Labute approximate surface area is 171 Å². The van der Waals surface area contributed by atoms with Gasteiger partial charge in [-0.1, -0.05) is 37.3 Å². The van der Waals surface area contributed by atoms with Gasteiger partial charge in [-0.3, -0.25) is 9.79 Å². The highest BCUT2D eigenvalue weighted by atomic mass is 16.1. The van der Waals surface area contributed by atoms with Crippen LogP contribution >= 0.6 is 0 Å². The van der Waals surface area contributed by atoms with Gasteiger partial charge in [0.05, 0.1) is 0 Å². The monoisotopic (exact) mass is 391 g/mol. The van der Waals surface area contributed by atoms with E-state index in [1.807, 2.05) is 37.3 Å². The first-order chi connectivity index (χ1) is 14.2. The lowest BCUT2D eigenvalue weighted by molar-refractivity contribution is -0.116. The number of carbonyl (C=O) groups excluding carboxylic acids is 1. The fourth-order valence-electron chi connectivity index (χ4n) is 3.22.